The number of aromatic nitrogens is 1. The Morgan fingerprint density at radius 1 is 1.15 bits per heavy atom. The quantitative estimate of drug-likeness (QED) is 0.511. The minimum atomic E-state index is -0.627. The number of carbonyl (C=O) groups is 2. The van der Waals surface area contributed by atoms with Gasteiger partial charge in [-0.15, -0.1) is 0 Å². The number of ether oxygens (including phenoxy) is 1. The van der Waals surface area contributed by atoms with Crippen LogP contribution in [0.15, 0.2) is 77.5 Å². The van der Waals surface area contributed by atoms with E-state index in [0.29, 0.717) is 30.8 Å². The van der Waals surface area contributed by atoms with Gasteiger partial charge in [0.15, 0.2) is 5.76 Å². The SMILES string of the molecule is COc1ccc2oc(C(=O)N3CCNC(=O)[C@@H]3Cc3cccc(-c4cccnc4)c3)cc2c1. The van der Waals surface area contributed by atoms with Crippen molar-refractivity contribution >= 4 is 22.8 Å². The monoisotopic (exact) mass is 441 g/mol. The van der Waals surface area contributed by atoms with Gasteiger partial charge in [0.05, 0.1) is 7.11 Å². The van der Waals surface area contributed by atoms with Crippen molar-refractivity contribution in [3.05, 3.63) is 84.4 Å². The molecular formula is C26H23N3O4. The Bertz CT molecular complexity index is 1320. The second kappa shape index (κ2) is 8.78. The molecule has 33 heavy (non-hydrogen) atoms. The van der Waals surface area contributed by atoms with Crippen LogP contribution < -0.4 is 10.1 Å². The molecular weight excluding hydrogens is 418 g/mol. The molecule has 1 fully saturated rings. The summed E-state index contributed by atoms with van der Waals surface area (Å²) < 4.78 is 11.1. The van der Waals surface area contributed by atoms with Gasteiger partial charge in [-0.2, -0.15) is 0 Å². The van der Waals surface area contributed by atoms with Gasteiger partial charge in [0.2, 0.25) is 5.91 Å². The van der Waals surface area contributed by atoms with Crippen LogP contribution in [0.5, 0.6) is 5.75 Å². The van der Waals surface area contributed by atoms with E-state index in [1.165, 1.54) is 0 Å². The van der Waals surface area contributed by atoms with Crippen molar-refractivity contribution in [2.75, 3.05) is 20.2 Å². The first-order chi connectivity index (χ1) is 16.1. The van der Waals surface area contributed by atoms with E-state index in [1.54, 1.807) is 42.6 Å². The molecule has 1 atom stereocenters. The lowest BCUT2D eigenvalue weighted by atomic mass is 9.98. The zero-order chi connectivity index (χ0) is 22.8. The standard InChI is InChI=1S/C26H23N3O4/c1-32-21-7-8-23-20(14-21)15-24(33-23)26(31)29-11-10-28-25(30)22(29)13-17-4-2-5-18(12-17)19-6-3-9-27-16-19/h2-9,12,14-16,22H,10-11,13H2,1H3,(H,28,30)/t22-/m0/s1. The van der Waals surface area contributed by atoms with Crippen LogP contribution in [0.2, 0.25) is 0 Å². The molecule has 7 heteroatoms. The van der Waals surface area contributed by atoms with E-state index in [-0.39, 0.29) is 17.6 Å². The second-order valence-electron chi connectivity index (χ2n) is 7.97. The fourth-order valence-electron chi connectivity index (χ4n) is 4.19. The number of hydrogen-bond donors (Lipinski definition) is 1. The van der Waals surface area contributed by atoms with E-state index in [9.17, 15) is 9.59 Å². The van der Waals surface area contributed by atoms with Crippen LogP contribution in [0.1, 0.15) is 16.1 Å². The Balaban J connectivity index is 1.42. The van der Waals surface area contributed by atoms with Gasteiger partial charge in [-0.3, -0.25) is 14.6 Å². The zero-order valence-electron chi connectivity index (χ0n) is 18.2. The topological polar surface area (TPSA) is 84.7 Å². The summed E-state index contributed by atoms with van der Waals surface area (Å²) in [6.07, 6.45) is 3.94. The first-order valence-corrected chi connectivity index (χ1v) is 10.8. The Hall–Kier alpha value is -4.13. The van der Waals surface area contributed by atoms with Crippen LogP contribution in [0.25, 0.3) is 22.1 Å². The largest absolute Gasteiger partial charge is 0.497 e. The van der Waals surface area contributed by atoms with Gasteiger partial charge in [0.1, 0.15) is 17.4 Å². The number of methoxy groups -OCH3 is 1. The summed E-state index contributed by atoms with van der Waals surface area (Å²) in [5.41, 5.74) is 3.57. The van der Waals surface area contributed by atoms with Gasteiger partial charge in [-0.25, -0.2) is 0 Å². The van der Waals surface area contributed by atoms with Crippen LogP contribution in [0.3, 0.4) is 0 Å². The predicted octanol–water partition coefficient (Wildman–Crippen LogP) is 3.69. The highest BCUT2D eigenvalue weighted by Gasteiger charge is 2.35. The van der Waals surface area contributed by atoms with Crippen LogP contribution in [-0.4, -0.2) is 47.9 Å². The number of benzene rings is 2. The third-order valence-corrected chi connectivity index (χ3v) is 5.88. The maximum atomic E-state index is 13.4. The van der Waals surface area contributed by atoms with Crippen molar-refractivity contribution in [1.29, 1.82) is 0 Å². The first kappa shape index (κ1) is 20.8. The summed E-state index contributed by atoms with van der Waals surface area (Å²) in [5, 5.41) is 3.66. The van der Waals surface area contributed by atoms with E-state index in [2.05, 4.69) is 10.3 Å². The number of piperazine rings is 1. The zero-order valence-corrected chi connectivity index (χ0v) is 18.2. The molecule has 2 amide bonds. The van der Waals surface area contributed by atoms with E-state index >= 15 is 0 Å². The summed E-state index contributed by atoms with van der Waals surface area (Å²) in [6.45, 7) is 0.822. The number of furan rings is 1. The highest BCUT2D eigenvalue weighted by Crippen LogP contribution is 2.26. The number of carbonyl (C=O) groups excluding carboxylic acids is 2. The number of rotatable bonds is 5. The minimum absolute atomic E-state index is 0.167. The molecule has 0 bridgehead atoms. The lowest BCUT2D eigenvalue weighted by Crippen LogP contribution is -2.58. The molecule has 5 rings (SSSR count). The van der Waals surface area contributed by atoms with Gasteiger partial charge in [0, 0.05) is 37.3 Å². The van der Waals surface area contributed by atoms with Gasteiger partial charge in [0.25, 0.3) is 5.91 Å². The van der Waals surface area contributed by atoms with Crippen molar-refractivity contribution in [2.24, 2.45) is 0 Å². The molecule has 0 aliphatic carbocycles. The number of amides is 2. The molecule has 1 N–H and O–H groups in total. The lowest BCUT2D eigenvalue weighted by Gasteiger charge is -2.34. The Kier molecular flexibility index (Phi) is 5.52. The van der Waals surface area contributed by atoms with Gasteiger partial charge in [-0.05, 0) is 47.0 Å². The number of nitrogens with one attached hydrogen (secondary N) is 1. The van der Waals surface area contributed by atoms with Crippen LogP contribution in [0.4, 0.5) is 0 Å². The van der Waals surface area contributed by atoms with E-state index in [1.807, 2.05) is 42.5 Å². The highest BCUT2D eigenvalue weighted by molar-refractivity contribution is 5.99. The molecule has 1 aliphatic heterocycles. The fourth-order valence-corrected chi connectivity index (χ4v) is 4.19. The summed E-state index contributed by atoms with van der Waals surface area (Å²) in [6, 6.07) is 18.3. The summed E-state index contributed by atoms with van der Waals surface area (Å²) in [7, 11) is 1.59. The maximum Gasteiger partial charge on any atom is 0.290 e. The fraction of sp³-hybridized carbons (Fsp3) is 0.192. The van der Waals surface area contributed by atoms with Gasteiger partial charge < -0.3 is 19.4 Å². The molecule has 0 saturated carbocycles. The third-order valence-electron chi connectivity index (χ3n) is 5.88. The Morgan fingerprint density at radius 2 is 2.03 bits per heavy atom. The smallest absolute Gasteiger partial charge is 0.290 e. The number of pyridine rings is 1. The highest BCUT2D eigenvalue weighted by atomic mass is 16.5. The van der Waals surface area contributed by atoms with E-state index in [0.717, 1.165) is 22.1 Å². The normalized spacial score (nSPS) is 16.0. The van der Waals surface area contributed by atoms with Gasteiger partial charge >= 0.3 is 0 Å². The number of hydrogen-bond acceptors (Lipinski definition) is 5. The average Bonchev–Trinajstić information content (AvgIpc) is 3.29. The molecule has 0 radical (unpaired) electrons. The summed E-state index contributed by atoms with van der Waals surface area (Å²) in [4.78, 5) is 31.9. The summed E-state index contributed by atoms with van der Waals surface area (Å²) in [5.74, 6) is 0.431. The maximum absolute atomic E-state index is 13.4. The molecule has 2 aromatic carbocycles. The molecule has 0 spiro atoms. The molecule has 3 heterocycles. The Morgan fingerprint density at radius 3 is 2.85 bits per heavy atom. The minimum Gasteiger partial charge on any atom is -0.497 e. The molecule has 166 valence electrons. The van der Waals surface area contributed by atoms with Crippen molar-refractivity contribution in [2.45, 2.75) is 12.5 Å². The number of fused-ring (bicyclic) bond motifs is 1. The molecule has 0 unspecified atom stereocenters. The van der Waals surface area contributed by atoms with Crippen LogP contribution in [-0.2, 0) is 11.2 Å². The average molecular weight is 441 g/mol. The predicted molar refractivity (Wildman–Crippen MR) is 124 cm³/mol. The molecule has 1 saturated heterocycles. The van der Waals surface area contributed by atoms with Gasteiger partial charge in [-0.1, -0.05) is 30.3 Å². The molecule has 1 aliphatic rings. The van der Waals surface area contributed by atoms with Crippen molar-refractivity contribution in [1.82, 2.24) is 15.2 Å². The van der Waals surface area contributed by atoms with Crippen LogP contribution in [0, 0.1) is 0 Å². The molecule has 7 nitrogen and oxygen atoms in total. The van der Waals surface area contributed by atoms with Crippen LogP contribution >= 0.6 is 0 Å². The van der Waals surface area contributed by atoms with E-state index < -0.39 is 6.04 Å². The van der Waals surface area contributed by atoms with Crippen molar-refractivity contribution < 1.29 is 18.7 Å². The second-order valence-corrected chi connectivity index (χ2v) is 7.97. The van der Waals surface area contributed by atoms with E-state index in [4.69, 9.17) is 9.15 Å². The molecule has 4 aromatic rings. The number of nitrogens with zero attached hydrogens (tertiary/aromatic N) is 2. The van der Waals surface area contributed by atoms with Crippen molar-refractivity contribution in [3.63, 3.8) is 0 Å². The lowest BCUT2D eigenvalue weighted by molar-refractivity contribution is -0.127. The third kappa shape index (κ3) is 4.17. The molecule has 2 aromatic heterocycles. The Labute approximate surface area is 191 Å². The first-order valence-electron chi connectivity index (χ1n) is 10.8. The van der Waals surface area contributed by atoms with Crippen molar-refractivity contribution in [3.8, 4) is 16.9 Å². The summed E-state index contributed by atoms with van der Waals surface area (Å²) >= 11 is 0.